The molecule has 1 N–H and O–H groups in total. The maximum atomic E-state index is 13.4. The van der Waals surface area contributed by atoms with Gasteiger partial charge in [0.25, 0.3) is 0 Å². The standard InChI is InChI=1S/C16H13FO3/c17-14-4-2-1-3-11(14)9-10-15(18)12-5-7-13(8-6-12)16(19)20/h1-8H,9-10H2,(H,19,20). The van der Waals surface area contributed by atoms with Gasteiger partial charge in [0, 0.05) is 12.0 Å². The van der Waals surface area contributed by atoms with Crippen LogP contribution >= 0.6 is 0 Å². The van der Waals surface area contributed by atoms with Crippen LogP contribution in [0.1, 0.15) is 32.7 Å². The van der Waals surface area contributed by atoms with Crippen LogP contribution in [0.15, 0.2) is 48.5 Å². The highest BCUT2D eigenvalue weighted by Crippen LogP contribution is 2.12. The molecule has 20 heavy (non-hydrogen) atoms. The molecule has 0 unspecified atom stereocenters. The van der Waals surface area contributed by atoms with Crippen LogP contribution in [-0.4, -0.2) is 16.9 Å². The average molecular weight is 272 g/mol. The van der Waals surface area contributed by atoms with Crippen LogP contribution < -0.4 is 0 Å². The fraction of sp³-hybridized carbons (Fsp3) is 0.125. The number of carboxylic acids is 1. The van der Waals surface area contributed by atoms with Gasteiger partial charge < -0.3 is 5.11 Å². The number of aromatic carboxylic acids is 1. The van der Waals surface area contributed by atoms with E-state index in [2.05, 4.69) is 0 Å². The lowest BCUT2D eigenvalue weighted by atomic mass is 10.0. The van der Waals surface area contributed by atoms with Gasteiger partial charge in [-0.3, -0.25) is 4.79 Å². The molecule has 0 saturated heterocycles. The lowest BCUT2D eigenvalue weighted by molar-refractivity contribution is 0.0696. The molecule has 0 amide bonds. The van der Waals surface area contributed by atoms with Gasteiger partial charge in [-0.2, -0.15) is 0 Å². The number of ketones is 1. The Balaban J connectivity index is 2.02. The van der Waals surface area contributed by atoms with Gasteiger partial charge in [0.1, 0.15) is 5.82 Å². The molecular weight excluding hydrogens is 259 g/mol. The maximum absolute atomic E-state index is 13.4. The number of Topliss-reactive ketones (excluding diaryl/α,β-unsaturated/α-hetero) is 1. The van der Waals surface area contributed by atoms with Crippen molar-refractivity contribution in [3.63, 3.8) is 0 Å². The highest BCUT2D eigenvalue weighted by atomic mass is 19.1. The summed E-state index contributed by atoms with van der Waals surface area (Å²) in [6.45, 7) is 0. The summed E-state index contributed by atoms with van der Waals surface area (Å²) in [5.74, 6) is -1.48. The van der Waals surface area contributed by atoms with E-state index in [0.29, 0.717) is 17.5 Å². The lowest BCUT2D eigenvalue weighted by Crippen LogP contribution is -2.03. The number of carboxylic acid groups (broad SMARTS) is 1. The fourth-order valence-electron chi connectivity index (χ4n) is 1.89. The van der Waals surface area contributed by atoms with Gasteiger partial charge >= 0.3 is 5.97 Å². The van der Waals surface area contributed by atoms with E-state index in [0.717, 1.165) is 0 Å². The summed E-state index contributed by atoms with van der Waals surface area (Å²) >= 11 is 0. The van der Waals surface area contributed by atoms with Crippen LogP contribution in [0.25, 0.3) is 0 Å². The number of benzene rings is 2. The number of hydrogen-bond acceptors (Lipinski definition) is 2. The van der Waals surface area contributed by atoms with Crippen LogP contribution in [0.3, 0.4) is 0 Å². The van der Waals surface area contributed by atoms with Crippen molar-refractivity contribution in [2.75, 3.05) is 0 Å². The molecule has 0 radical (unpaired) electrons. The van der Waals surface area contributed by atoms with Gasteiger partial charge in [-0.25, -0.2) is 9.18 Å². The summed E-state index contributed by atoms with van der Waals surface area (Å²) in [5.41, 5.74) is 1.07. The molecule has 0 atom stereocenters. The lowest BCUT2D eigenvalue weighted by Gasteiger charge is -2.03. The van der Waals surface area contributed by atoms with E-state index in [1.165, 1.54) is 30.3 Å². The van der Waals surface area contributed by atoms with Crippen molar-refractivity contribution in [1.29, 1.82) is 0 Å². The van der Waals surface area contributed by atoms with E-state index in [1.807, 2.05) is 0 Å². The molecule has 0 bridgehead atoms. The number of halogens is 1. The molecule has 2 aromatic carbocycles. The summed E-state index contributed by atoms with van der Waals surface area (Å²) in [7, 11) is 0. The first-order valence-electron chi connectivity index (χ1n) is 6.18. The predicted molar refractivity (Wildman–Crippen MR) is 72.5 cm³/mol. The zero-order valence-corrected chi connectivity index (χ0v) is 10.7. The van der Waals surface area contributed by atoms with Crippen LogP contribution in [0.2, 0.25) is 0 Å². The van der Waals surface area contributed by atoms with Crippen molar-refractivity contribution in [2.45, 2.75) is 12.8 Å². The Labute approximate surface area is 115 Å². The molecule has 2 aromatic rings. The molecule has 2 rings (SSSR count). The minimum absolute atomic E-state index is 0.134. The highest BCUT2D eigenvalue weighted by molar-refractivity contribution is 5.97. The molecule has 0 aromatic heterocycles. The third-order valence-corrected chi connectivity index (χ3v) is 3.03. The third-order valence-electron chi connectivity index (χ3n) is 3.03. The second-order valence-corrected chi connectivity index (χ2v) is 4.40. The van der Waals surface area contributed by atoms with Crippen LogP contribution in [-0.2, 0) is 6.42 Å². The van der Waals surface area contributed by atoms with Crippen molar-refractivity contribution in [3.05, 3.63) is 71.0 Å². The number of rotatable bonds is 5. The SMILES string of the molecule is O=C(O)c1ccc(C(=O)CCc2ccccc2F)cc1. The Morgan fingerprint density at radius 2 is 1.55 bits per heavy atom. The van der Waals surface area contributed by atoms with Gasteiger partial charge in [0.05, 0.1) is 5.56 Å². The Morgan fingerprint density at radius 1 is 0.950 bits per heavy atom. The smallest absolute Gasteiger partial charge is 0.335 e. The first kappa shape index (κ1) is 13.9. The van der Waals surface area contributed by atoms with E-state index < -0.39 is 5.97 Å². The van der Waals surface area contributed by atoms with E-state index in [9.17, 15) is 14.0 Å². The van der Waals surface area contributed by atoms with Crippen LogP contribution in [0.4, 0.5) is 4.39 Å². The molecule has 4 heteroatoms. The van der Waals surface area contributed by atoms with E-state index in [-0.39, 0.29) is 23.6 Å². The van der Waals surface area contributed by atoms with Gasteiger partial charge in [-0.1, -0.05) is 30.3 Å². The number of aryl methyl sites for hydroxylation is 1. The largest absolute Gasteiger partial charge is 0.478 e. The molecule has 0 fully saturated rings. The first-order valence-corrected chi connectivity index (χ1v) is 6.18. The van der Waals surface area contributed by atoms with Gasteiger partial charge in [0.15, 0.2) is 5.78 Å². The Hall–Kier alpha value is -2.49. The summed E-state index contributed by atoms with van der Waals surface area (Å²) in [4.78, 5) is 22.6. The van der Waals surface area contributed by atoms with Crippen molar-refractivity contribution in [3.8, 4) is 0 Å². The van der Waals surface area contributed by atoms with Crippen LogP contribution in [0.5, 0.6) is 0 Å². The van der Waals surface area contributed by atoms with E-state index in [1.54, 1.807) is 18.2 Å². The van der Waals surface area contributed by atoms with Gasteiger partial charge in [-0.05, 0) is 30.2 Å². The molecule has 0 aliphatic heterocycles. The van der Waals surface area contributed by atoms with E-state index >= 15 is 0 Å². The first-order chi connectivity index (χ1) is 9.58. The Kier molecular flexibility index (Phi) is 4.25. The monoisotopic (exact) mass is 272 g/mol. The quantitative estimate of drug-likeness (QED) is 0.849. The van der Waals surface area contributed by atoms with Gasteiger partial charge in [0.2, 0.25) is 0 Å². The molecule has 0 aliphatic rings. The molecule has 0 spiro atoms. The minimum Gasteiger partial charge on any atom is -0.478 e. The highest BCUT2D eigenvalue weighted by Gasteiger charge is 2.09. The number of carbonyl (C=O) groups is 2. The number of hydrogen-bond donors (Lipinski definition) is 1. The van der Waals surface area contributed by atoms with Crippen LogP contribution in [0, 0.1) is 5.82 Å². The number of carbonyl (C=O) groups excluding carboxylic acids is 1. The summed E-state index contributed by atoms with van der Waals surface area (Å²) in [6.07, 6.45) is 0.513. The van der Waals surface area contributed by atoms with Crippen molar-refractivity contribution in [1.82, 2.24) is 0 Å². The Bertz CT molecular complexity index is 632. The fourth-order valence-corrected chi connectivity index (χ4v) is 1.89. The summed E-state index contributed by atoms with van der Waals surface area (Å²) < 4.78 is 13.4. The van der Waals surface area contributed by atoms with Crippen molar-refractivity contribution >= 4 is 11.8 Å². The normalized spacial score (nSPS) is 10.2. The van der Waals surface area contributed by atoms with Crippen molar-refractivity contribution in [2.24, 2.45) is 0 Å². The topological polar surface area (TPSA) is 54.4 Å². The van der Waals surface area contributed by atoms with Gasteiger partial charge in [-0.15, -0.1) is 0 Å². The second kappa shape index (κ2) is 6.10. The minimum atomic E-state index is -1.03. The van der Waals surface area contributed by atoms with E-state index in [4.69, 9.17) is 5.11 Å². The summed E-state index contributed by atoms with van der Waals surface area (Å²) in [5, 5.41) is 8.77. The average Bonchev–Trinajstić information content (AvgIpc) is 2.46. The Morgan fingerprint density at radius 3 is 2.15 bits per heavy atom. The molecule has 0 saturated carbocycles. The zero-order chi connectivity index (χ0) is 14.5. The molecule has 102 valence electrons. The van der Waals surface area contributed by atoms with Crippen molar-refractivity contribution < 1.29 is 19.1 Å². The molecular formula is C16H13FO3. The molecule has 0 heterocycles. The third kappa shape index (κ3) is 3.29. The predicted octanol–water partition coefficient (Wildman–Crippen LogP) is 3.34. The zero-order valence-electron chi connectivity index (χ0n) is 10.7. The molecule has 0 aliphatic carbocycles. The molecule has 3 nitrogen and oxygen atoms in total. The maximum Gasteiger partial charge on any atom is 0.335 e. The second-order valence-electron chi connectivity index (χ2n) is 4.40. The summed E-state index contributed by atoms with van der Waals surface area (Å²) in [6, 6.07) is 12.1.